The minimum absolute atomic E-state index is 0.551. The summed E-state index contributed by atoms with van der Waals surface area (Å²) < 4.78 is 0. The Hall–Kier alpha value is -0.0800. The molecule has 0 aliphatic carbocycles. The van der Waals surface area contributed by atoms with Gasteiger partial charge in [-0.05, 0) is 12.8 Å². The molecule has 0 aliphatic heterocycles. The van der Waals surface area contributed by atoms with Gasteiger partial charge in [0.2, 0.25) is 0 Å². The molecule has 0 aromatic rings. The van der Waals surface area contributed by atoms with Crippen molar-refractivity contribution < 1.29 is 10.2 Å². The van der Waals surface area contributed by atoms with Crippen LogP contribution in [0.1, 0.15) is 117 Å². The molecular formula is C19H40O2. The van der Waals surface area contributed by atoms with Crippen molar-refractivity contribution in [3.63, 3.8) is 0 Å². The summed E-state index contributed by atoms with van der Waals surface area (Å²) in [6.07, 6.45) is 18.3. The van der Waals surface area contributed by atoms with Crippen LogP contribution in [0.2, 0.25) is 0 Å². The van der Waals surface area contributed by atoms with Gasteiger partial charge in [0.25, 0.3) is 0 Å². The minimum Gasteiger partial charge on any atom is -0.366 e. The van der Waals surface area contributed by atoms with Crippen LogP contribution in [0.3, 0.4) is 0 Å². The third-order valence-corrected chi connectivity index (χ3v) is 4.36. The summed E-state index contributed by atoms with van der Waals surface area (Å²) in [5, 5.41) is 19.9. The summed E-state index contributed by atoms with van der Waals surface area (Å²) >= 11 is 0. The summed E-state index contributed by atoms with van der Waals surface area (Å²) in [6.45, 7) is 4.46. The zero-order chi connectivity index (χ0) is 15.8. The highest BCUT2D eigenvalue weighted by Crippen LogP contribution is 2.20. The Morgan fingerprint density at radius 2 is 0.762 bits per heavy atom. The fourth-order valence-electron chi connectivity index (χ4n) is 2.86. The van der Waals surface area contributed by atoms with Gasteiger partial charge >= 0.3 is 0 Å². The number of hydrogen-bond acceptors (Lipinski definition) is 2. The van der Waals surface area contributed by atoms with Gasteiger partial charge in [0.05, 0.1) is 0 Å². The van der Waals surface area contributed by atoms with Crippen LogP contribution in [0.4, 0.5) is 0 Å². The summed E-state index contributed by atoms with van der Waals surface area (Å²) in [6, 6.07) is 0. The molecule has 2 N–H and O–H groups in total. The van der Waals surface area contributed by atoms with Crippen molar-refractivity contribution in [2.45, 2.75) is 122 Å². The van der Waals surface area contributed by atoms with E-state index in [1.54, 1.807) is 0 Å². The molecule has 0 amide bonds. The molecule has 0 rings (SSSR count). The van der Waals surface area contributed by atoms with Crippen molar-refractivity contribution in [3.8, 4) is 0 Å². The lowest BCUT2D eigenvalue weighted by atomic mass is 9.99. The Morgan fingerprint density at radius 1 is 0.476 bits per heavy atom. The Morgan fingerprint density at radius 3 is 1.10 bits per heavy atom. The maximum absolute atomic E-state index is 9.95. The van der Waals surface area contributed by atoms with Crippen molar-refractivity contribution in [3.05, 3.63) is 0 Å². The van der Waals surface area contributed by atoms with E-state index in [2.05, 4.69) is 13.8 Å². The van der Waals surface area contributed by atoms with E-state index >= 15 is 0 Å². The van der Waals surface area contributed by atoms with Crippen LogP contribution in [0.15, 0.2) is 0 Å². The first kappa shape index (κ1) is 20.9. The maximum atomic E-state index is 9.95. The van der Waals surface area contributed by atoms with Gasteiger partial charge in [-0.1, -0.05) is 90.9 Å². The first-order valence-electron chi connectivity index (χ1n) is 9.57. The molecule has 0 bridgehead atoms. The van der Waals surface area contributed by atoms with Crippen molar-refractivity contribution >= 4 is 0 Å². The van der Waals surface area contributed by atoms with Crippen LogP contribution in [0.25, 0.3) is 0 Å². The summed E-state index contributed by atoms with van der Waals surface area (Å²) in [5.74, 6) is -1.41. The number of hydrogen-bond donors (Lipinski definition) is 2. The van der Waals surface area contributed by atoms with Gasteiger partial charge in [0.1, 0.15) is 0 Å². The van der Waals surface area contributed by atoms with E-state index in [9.17, 15) is 10.2 Å². The second kappa shape index (κ2) is 14.8. The van der Waals surface area contributed by atoms with E-state index in [1.807, 2.05) is 0 Å². The number of aliphatic hydroxyl groups is 2. The summed E-state index contributed by atoms with van der Waals surface area (Å²) in [4.78, 5) is 0. The van der Waals surface area contributed by atoms with Crippen LogP contribution in [-0.4, -0.2) is 16.0 Å². The van der Waals surface area contributed by atoms with Gasteiger partial charge in [-0.15, -0.1) is 0 Å². The van der Waals surface area contributed by atoms with Gasteiger partial charge in [0.15, 0.2) is 5.79 Å². The van der Waals surface area contributed by atoms with E-state index in [-0.39, 0.29) is 0 Å². The molecule has 0 saturated heterocycles. The predicted molar refractivity (Wildman–Crippen MR) is 92.4 cm³/mol. The van der Waals surface area contributed by atoms with Gasteiger partial charge in [-0.25, -0.2) is 0 Å². The fourth-order valence-corrected chi connectivity index (χ4v) is 2.86. The van der Waals surface area contributed by atoms with Crippen molar-refractivity contribution in [2.24, 2.45) is 0 Å². The highest BCUT2D eigenvalue weighted by atomic mass is 16.5. The average Bonchev–Trinajstić information content (AvgIpc) is 2.45. The molecule has 2 heteroatoms. The Labute approximate surface area is 133 Å². The molecule has 21 heavy (non-hydrogen) atoms. The third kappa shape index (κ3) is 16.1. The molecule has 0 saturated carbocycles. The molecule has 0 heterocycles. The van der Waals surface area contributed by atoms with Crippen molar-refractivity contribution in [1.82, 2.24) is 0 Å². The van der Waals surface area contributed by atoms with E-state index in [0.717, 1.165) is 25.7 Å². The quantitative estimate of drug-likeness (QED) is 0.273. The SMILES string of the molecule is CCCCCCCCCCC(O)(O)CCCCCCCC. The minimum atomic E-state index is -1.41. The molecule has 0 unspecified atom stereocenters. The number of rotatable bonds is 16. The lowest BCUT2D eigenvalue weighted by molar-refractivity contribution is -0.172. The van der Waals surface area contributed by atoms with Crippen molar-refractivity contribution in [1.29, 1.82) is 0 Å². The Balaban J connectivity index is 3.34. The lowest BCUT2D eigenvalue weighted by Gasteiger charge is -2.21. The highest BCUT2D eigenvalue weighted by Gasteiger charge is 2.21. The predicted octanol–water partition coefficient (Wildman–Crippen LogP) is 5.95. The molecule has 0 radical (unpaired) electrons. The molecule has 128 valence electrons. The fraction of sp³-hybridized carbons (Fsp3) is 1.00. The topological polar surface area (TPSA) is 40.5 Å². The monoisotopic (exact) mass is 300 g/mol. The van der Waals surface area contributed by atoms with Crippen molar-refractivity contribution in [2.75, 3.05) is 0 Å². The molecule has 0 aliphatic rings. The Bertz CT molecular complexity index is 202. The van der Waals surface area contributed by atoms with E-state index in [0.29, 0.717) is 12.8 Å². The maximum Gasteiger partial charge on any atom is 0.162 e. The van der Waals surface area contributed by atoms with Crippen LogP contribution in [-0.2, 0) is 0 Å². The molecule has 0 aromatic heterocycles. The Kier molecular flexibility index (Phi) is 14.8. The van der Waals surface area contributed by atoms with Gasteiger partial charge in [-0.2, -0.15) is 0 Å². The summed E-state index contributed by atoms with van der Waals surface area (Å²) in [7, 11) is 0. The first-order chi connectivity index (χ1) is 10.1. The van der Waals surface area contributed by atoms with E-state index in [1.165, 1.54) is 64.2 Å². The van der Waals surface area contributed by atoms with E-state index in [4.69, 9.17) is 0 Å². The van der Waals surface area contributed by atoms with Gasteiger partial charge < -0.3 is 10.2 Å². The smallest absolute Gasteiger partial charge is 0.162 e. The highest BCUT2D eigenvalue weighted by molar-refractivity contribution is 4.65. The molecule has 0 aromatic carbocycles. The molecular weight excluding hydrogens is 260 g/mol. The normalized spacial score (nSPS) is 12.0. The first-order valence-corrected chi connectivity index (χ1v) is 9.57. The van der Waals surface area contributed by atoms with Crippen LogP contribution in [0.5, 0.6) is 0 Å². The third-order valence-electron chi connectivity index (χ3n) is 4.36. The summed E-state index contributed by atoms with van der Waals surface area (Å²) in [5.41, 5.74) is 0. The second-order valence-electron chi connectivity index (χ2n) is 6.73. The van der Waals surface area contributed by atoms with Crippen LogP contribution >= 0.6 is 0 Å². The van der Waals surface area contributed by atoms with Crippen LogP contribution in [0, 0.1) is 0 Å². The molecule has 0 spiro atoms. The lowest BCUT2D eigenvalue weighted by Crippen LogP contribution is -2.27. The number of unbranched alkanes of at least 4 members (excludes halogenated alkanes) is 12. The van der Waals surface area contributed by atoms with E-state index < -0.39 is 5.79 Å². The van der Waals surface area contributed by atoms with Gasteiger partial charge in [0, 0.05) is 12.8 Å². The molecule has 0 fully saturated rings. The zero-order valence-electron chi connectivity index (χ0n) is 14.7. The molecule has 0 atom stereocenters. The second-order valence-corrected chi connectivity index (χ2v) is 6.73. The largest absolute Gasteiger partial charge is 0.366 e. The van der Waals surface area contributed by atoms with Gasteiger partial charge in [-0.3, -0.25) is 0 Å². The average molecular weight is 301 g/mol. The van der Waals surface area contributed by atoms with Crippen LogP contribution < -0.4 is 0 Å². The zero-order valence-corrected chi connectivity index (χ0v) is 14.7. The molecule has 2 nitrogen and oxygen atoms in total. The standard InChI is InChI=1S/C19H40O2/c1-3-5-7-9-11-12-14-16-18-19(20,21)17-15-13-10-8-6-4-2/h20-21H,3-18H2,1-2H3.